The molecule has 108 valence electrons. The molecule has 0 saturated heterocycles. The second-order valence-corrected chi connectivity index (χ2v) is 6.30. The number of nitrogens with one attached hydrogen (secondary N) is 1. The van der Waals surface area contributed by atoms with Gasteiger partial charge in [0.1, 0.15) is 9.92 Å². The van der Waals surface area contributed by atoms with E-state index in [1.165, 1.54) is 26.0 Å². The maximum absolute atomic E-state index is 12.1. The first-order valence-corrected chi connectivity index (χ1v) is 7.39. The van der Waals surface area contributed by atoms with Crippen LogP contribution in [0.3, 0.4) is 0 Å². The molecule has 1 rings (SSSR count). The minimum Gasteiger partial charge on any atom is -0.258 e. The molecule has 0 aliphatic carbocycles. The summed E-state index contributed by atoms with van der Waals surface area (Å²) in [6.07, 6.45) is -0.0231. The molecule has 0 saturated carbocycles. The molecule has 0 amide bonds. The highest BCUT2D eigenvalue weighted by molar-refractivity contribution is 7.89. The average Bonchev–Trinajstić information content (AvgIpc) is 2.30. The second kappa shape index (κ2) is 6.17. The van der Waals surface area contributed by atoms with Crippen molar-refractivity contribution in [2.24, 2.45) is 0 Å². The zero-order valence-corrected chi connectivity index (χ0v) is 12.3. The van der Waals surface area contributed by atoms with Crippen molar-refractivity contribution in [3.63, 3.8) is 0 Å². The lowest BCUT2D eigenvalue weighted by Crippen LogP contribution is -2.32. The molecule has 0 aliphatic rings. The van der Waals surface area contributed by atoms with Crippen molar-refractivity contribution in [2.75, 3.05) is 0 Å². The van der Waals surface area contributed by atoms with E-state index in [4.69, 9.17) is 16.9 Å². The summed E-state index contributed by atoms with van der Waals surface area (Å²) in [7, 11) is -4.03. The summed E-state index contributed by atoms with van der Waals surface area (Å²) in [4.78, 5) is 9.73. The highest BCUT2D eigenvalue weighted by Crippen LogP contribution is 2.32. The number of nitro benzene ring substituents is 1. The predicted octanol–water partition coefficient (Wildman–Crippen LogP) is 2.14. The van der Waals surface area contributed by atoms with E-state index in [1.54, 1.807) is 0 Å². The maximum Gasteiger partial charge on any atom is 0.289 e. The molecular formula is C11H12ClN3O4S. The van der Waals surface area contributed by atoms with Crippen molar-refractivity contribution < 1.29 is 13.3 Å². The number of benzene rings is 1. The van der Waals surface area contributed by atoms with Gasteiger partial charge in [0.2, 0.25) is 10.0 Å². The van der Waals surface area contributed by atoms with E-state index in [-0.39, 0.29) is 11.3 Å². The molecule has 20 heavy (non-hydrogen) atoms. The minimum atomic E-state index is -4.03. The highest BCUT2D eigenvalue weighted by Gasteiger charge is 2.26. The van der Waals surface area contributed by atoms with Crippen LogP contribution in [-0.2, 0) is 10.0 Å². The molecule has 9 heteroatoms. The fraction of sp³-hybridized carbons (Fsp3) is 0.364. The van der Waals surface area contributed by atoms with Crippen LogP contribution in [0.1, 0.15) is 18.9 Å². The molecule has 7 nitrogen and oxygen atoms in total. The van der Waals surface area contributed by atoms with E-state index in [0.717, 1.165) is 0 Å². The number of halogens is 1. The Morgan fingerprint density at radius 2 is 2.15 bits per heavy atom. The van der Waals surface area contributed by atoms with Gasteiger partial charge >= 0.3 is 0 Å². The van der Waals surface area contributed by atoms with Crippen LogP contribution >= 0.6 is 11.6 Å². The van der Waals surface area contributed by atoms with E-state index in [0.29, 0.717) is 5.56 Å². The van der Waals surface area contributed by atoms with Crippen LogP contribution in [0, 0.1) is 28.4 Å². The predicted molar refractivity (Wildman–Crippen MR) is 72.9 cm³/mol. The molecule has 1 aromatic rings. The molecule has 1 N–H and O–H groups in total. The van der Waals surface area contributed by atoms with Gasteiger partial charge in [-0.25, -0.2) is 13.1 Å². The van der Waals surface area contributed by atoms with Crippen molar-refractivity contribution in [3.8, 4) is 6.07 Å². The van der Waals surface area contributed by atoms with Gasteiger partial charge in [0.05, 0.1) is 17.4 Å². The summed E-state index contributed by atoms with van der Waals surface area (Å²) in [6.45, 7) is 3.04. The van der Waals surface area contributed by atoms with E-state index < -0.39 is 31.7 Å². The average molecular weight is 318 g/mol. The number of nitrogens with zero attached hydrogens (tertiary/aromatic N) is 2. The van der Waals surface area contributed by atoms with Crippen molar-refractivity contribution in [1.29, 1.82) is 5.26 Å². The minimum absolute atomic E-state index is 0.0231. The fourth-order valence-electron chi connectivity index (χ4n) is 1.55. The summed E-state index contributed by atoms with van der Waals surface area (Å²) in [5, 5.41) is 18.9. The third kappa shape index (κ3) is 3.66. The van der Waals surface area contributed by atoms with Gasteiger partial charge in [-0.05, 0) is 25.5 Å². The van der Waals surface area contributed by atoms with E-state index >= 15 is 0 Å². The first-order chi connectivity index (χ1) is 9.19. The topological polar surface area (TPSA) is 113 Å². The van der Waals surface area contributed by atoms with Gasteiger partial charge in [0.15, 0.2) is 0 Å². The van der Waals surface area contributed by atoms with Gasteiger partial charge < -0.3 is 0 Å². The molecule has 0 bridgehead atoms. The Kier molecular flexibility index (Phi) is 5.05. The van der Waals surface area contributed by atoms with E-state index in [2.05, 4.69) is 4.72 Å². The molecule has 1 aromatic carbocycles. The number of sulfonamides is 1. The monoisotopic (exact) mass is 317 g/mol. The Bertz CT molecular complexity index is 682. The summed E-state index contributed by atoms with van der Waals surface area (Å²) in [5.41, 5.74) is -0.0746. The van der Waals surface area contributed by atoms with Crippen LogP contribution in [0.15, 0.2) is 17.0 Å². The van der Waals surface area contributed by atoms with Gasteiger partial charge in [0.25, 0.3) is 5.69 Å². The summed E-state index contributed by atoms with van der Waals surface area (Å²) in [5.74, 6) is 0. The molecule has 1 unspecified atom stereocenters. The Balaban J connectivity index is 3.33. The second-order valence-electron chi connectivity index (χ2n) is 4.24. The molecule has 0 heterocycles. The zero-order chi connectivity index (χ0) is 15.5. The fourth-order valence-corrected chi connectivity index (χ4v) is 3.46. The smallest absolute Gasteiger partial charge is 0.258 e. The van der Waals surface area contributed by atoms with Crippen molar-refractivity contribution >= 4 is 27.3 Å². The third-order valence-electron chi connectivity index (χ3n) is 2.40. The molecule has 0 spiro atoms. The number of nitro groups is 1. The molecule has 1 atom stereocenters. The van der Waals surface area contributed by atoms with Crippen molar-refractivity contribution in [3.05, 3.63) is 32.8 Å². The van der Waals surface area contributed by atoms with Crippen LogP contribution in [0.4, 0.5) is 5.69 Å². The van der Waals surface area contributed by atoms with Crippen LogP contribution in [0.5, 0.6) is 0 Å². The van der Waals surface area contributed by atoms with E-state index in [1.807, 2.05) is 6.07 Å². The lowest BCUT2D eigenvalue weighted by molar-refractivity contribution is -0.385. The Morgan fingerprint density at radius 3 is 2.65 bits per heavy atom. The van der Waals surface area contributed by atoms with Crippen molar-refractivity contribution in [1.82, 2.24) is 4.72 Å². The molecule has 0 aromatic heterocycles. The van der Waals surface area contributed by atoms with Crippen molar-refractivity contribution in [2.45, 2.75) is 31.2 Å². The highest BCUT2D eigenvalue weighted by atomic mass is 35.5. The number of nitriles is 1. The largest absolute Gasteiger partial charge is 0.289 e. The molecule has 0 aliphatic heterocycles. The van der Waals surface area contributed by atoms with Gasteiger partial charge in [0, 0.05) is 12.1 Å². The van der Waals surface area contributed by atoms with Crippen LogP contribution in [0.2, 0.25) is 5.02 Å². The standard InChI is InChI=1S/C11H12ClN3O4S/c1-7-5-9(15(16)17)11(12)10(6-7)20(18,19)14-8(2)3-4-13/h5-6,8,14H,3H2,1-2H3. The van der Waals surface area contributed by atoms with Gasteiger partial charge in [-0.1, -0.05) is 11.6 Å². The quantitative estimate of drug-likeness (QED) is 0.660. The summed E-state index contributed by atoms with van der Waals surface area (Å²) < 4.78 is 26.5. The molecule has 0 radical (unpaired) electrons. The lowest BCUT2D eigenvalue weighted by Gasteiger charge is -2.12. The normalized spacial score (nSPS) is 12.7. The summed E-state index contributed by atoms with van der Waals surface area (Å²) in [6, 6.07) is 3.65. The molecular weight excluding hydrogens is 306 g/mol. The zero-order valence-electron chi connectivity index (χ0n) is 10.8. The number of hydrogen-bond acceptors (Lipinski definition) is 5. The molecule has 0 fully saturated rings. The number of aryl methyl sites for hydroxylation is 1. The Labute approximate surface area is 121 Å². The number of hydrogen-bond donors (Lipinski definition) is 1. The summed E-state index contributed by atoms with van der Waals surface area (Å²) >= 11 is 5.79. The van der Waals surface area contributed by atoms with Gasteiger partial charge in [-0.2, -0.15) is 5.26 Å². The Hall–Kier alpha value is -1.69. The number of rotatable bonds is 5. The van der Waals surface area contributed by atoms with Gasteiger partial charge in [-0.3, -0.25) is 10.1 Å². The van der Waals surface area contributed by atoms with Crippen LogP contribution in [-0.4, -0.2) is 19.4 Å². The lowest BCUT2D eigenvalue weighted by atomic mass is 10.2. The first-order valence-electron chi connectivity index (χ1n) is 5.53. The maximum atomic E-state index is 12.1. The van der Waals surface area contributed by atoms with Gasteiger partial charge in [-0.15, -0.1) is 0 Å². The van der Waals surface area contributed by atoms with Crippen LogP contribution in [0.25, 0.3) is 0 Å². The SMILES string of the molecule is Cc1cc([N+](=O)[O-])c(Cl)c(S(=O)(=O)NC(C)CC#N)c1. The third-order valence-corrected chi connectivity index (χ3v) is 4.53. The Morgan fingerprint density at radius 1 is 1.55 bits per heavy atom. The first kappa shape index (κ1) is 16.4. The van der Waals surface area contributed by atoms with Crippen LogP contribution < -0.4 is 4.72 Å². The van der Waals surface area contributed by atoms with E-state index in [9.17, 15) is 18.5 Å².